The lowest BCUT2D eigenvalue weighted by Crippen LogP contribution is -2.45. The molecule has 0 bridgehead atoms. The van der Waals surface area contributed by atoms with Crippen LogP contribution >= 0.6 is 0 Å². The average molecular weight is 1150 g/mol. The van der Waals surface area contributed by atoms with Gasteiger partial charge in [0.05, 0.1) is 25.4 Å². The number of carbonyl (C=O) groups excluding carboxylic acids is 2. The minimum absolute atomic E-state index is 0.00803. The molecule has 0 rings (SSSR count). The third kappa shape index (κ3) is 67.2. The SMILES string of the molecule is CCCCCCCC/C=C\CCCCCCCCCC(=O)OCCCCCCCCCCC/C=C\C/C=C\CCCCCCCCCCCCCC(=O)NC(CO)C(O)CCCCCCCCCCCCCCCCCCCCCCC. The van der Waals surface area contributed by atoms with Crippen LogP contribution in [0, 0.1) is 0 Å². The Morgan fingerprint density at radius 1 is 0.341 bits per heavy atom. The van der Waals surface area contributed by atoms with Crippen molar-refractivity contribution in [3.63, 3.8) is 0 Å². The smallest absolute Gasteiger partial charge is 0.305 e. The van der Waals surface area contributed by atoms with E-state index in [9.17, 15) is 19.8 Å². The minimum Gasteiger partial charge on any atom is -0.466 e. The molecule has 0 heterocycles. The number of hydrogen-bond acceptors (Lipinski definition) is 5. The Morgan fingerprint density at radius 3 is 0.939 bits per heavy atom. The van der Waals surface area contributed by atoms with Gasteiger partial charge in [-0.3, -0.25) is 9.59 Å². The van der Waals surface area contributed by atoms with E-state index in [1.807, 2.05) is 0 Å². The standard InChI is InChI=1S/C76H145NO5/c1-3-5-7-9-11-13-15-17-19-21-22-30-33-37-40-44-48-52-56-60-64-68-74(79)73(72-78)77-75(80)69-65-61-57-53-49-45-41-38-34-31-28-26-24-23-25-27-29-32-35-39-43-47-51-55-59-63-67-71-82-76(81)70-66-62-58-54-50-46-42-36-20-18-16-14-12-10-8-6-4-2/h18,20,23-24,27,29,73-74,78-79H,3-17,19,21-22,25-26,28,30-72H2,1-2H3,(H,77,80)/b20-18-,24-23-,29-27-. The van der Waals surface area contributed by atoms with Crippen LogP contribution in [0.5, 0.6) is 0 Å². The van der Waals surface area contributed by atoms with Gasteiger partial charge in [-0.15, -0.1) is 0 Å². The highest BCUT2D eigenvalue weighted by molar-refractivity contribution is 5.76. The maximum absolute atomic E-state index is 12.6. The van der Waals surface area contributed by atoms with Gasteiger partial charge in [0, 0.05) is 12.8 Å². The van der Waals surface area contributed by atoms with Crippen molar-refractivity contribution >= 4 is 11.9 Å². The van der Waals surface area contributed by atoms with Crippen LogP contribution in [0.4, 0.5) is 0 Å². The number of rotatable bonds is 70. The Bertz CT molecular complexity index is 1330. The summed E-state index contributed by atoms with van der Waals surface area (Å²) in [6.07, 6.45) is 92.0. The Labute approximate surface area is 513 Å². The summed E-state index contributed by atoms with van der Waals surface area (Å²) in [4.78, 5) is 24.6. The van der Waals surface area contributed by atoms with Gasteiger partial charge in [0.1, 0.15) is 0 Å². The fourth-order valence-corrected chi connectivity index (χ4v) is 11.7. The van der Waals surface area contributed by atoms with Crippen molar-refractivity contribution in [2.45, 2.75) is 424 Å². The molecule has 0 aliphatic rings. The van der Waals surface area contributed by atoms with Crippen LogP contribution in [0.1, 0.15) is 412 Å². The normalized spacial score (nSPS) is 12.7. The highest BCUT2D eigenvalue weighted by Crippen LogP contribution is 2.19. The number of aliphatic hydroxyl groups excluding tert-OH is 2. The Balaban J connectivity index is 3.41. The van der Waals surface area contributed by atoms with Gasteiger partial charge in [-0.2, -0.15) is 0 Å². The van der Waals surface area contributed by atoms with Gasteiger partial charge in [0.15, 0.2) is 0 Å². The maximum Gasteiger partial charge on any atom is 0.305 e. The van der Waals surface area contributed by atoms with E-state index in [0.717, 1.165) is 51.4 Å². The first-order valence-electron chi connectivity index (χ1n) is 37.2. The third-order valence-corrected chi connectivity index (χ3v) is 17.4. The zero-order valence-corrected chi connectivity index (χ0v) is 55.5. The number of ether oxygens (including phenoxy) is 1. The second kappa shape index (κ2) is 71.6. The van der Waals surface area contributed by atoms with E-state index in [4.69, 9.17) is 4.74 Å². The molecule has 3 N–H and O–H groups in total. The first-order valence-corrected chi connectivity index (χ1v) is 37.2. The predicted molar refractivity (Wildman–Crippen MR) is 361 cm³/mol. The molecule has 0 aliphatic carbocycles. The van der Waals surface area contributed by atoms with E-state index >= 15 is 0 Å². The van der Waals surface area contributed by atoms with Crippen LogP contribution < -0.4 is 5.32 Å². The number of nitrogens with one attached hydrogen (secondary N) is 1. The third-order valence-electron chi connectivity index (χ3n) is 17.4. The molecule has 0 radical (unpaired) electrons. The van der Waals surface area contributed by atoms with E-state index in [0.29, 0.717) is 25.9 Å². The van der Waals surface area contributed by atoms with Gasteiger partial charge in [-0.05, 0) is 83.5 Å². The number of amides is 1. The largest absolute Gasteiger partial charge is 0.466 e. The molecule has 0 fully saturated rings. The topological polar surface area (TPSA) is 95.9 Å². The fourth-order valence-electron chi connectivity index (χ4n) is 11.7. The number of unbranched alkanes of at least 4 members (excludes halogenated alkanes) is 53. The molecule has 0 aromatic carbocycles. The molecule has 2 atom stereocenters. The van der Waals surface area contributed by atoms with Crippen LogP contribution in [0.25, 0.3) is 0 Å². The van der Waals surface area contributed by atoms with E-state index in [1.54, 1.807) is 0 Å². The van der Waals surface area contributed by atoms with Crippen molar-refractivity contribution in [3.8, 4) is 0 Å². The highest BCUT2D eigenvalue weighted by atomic mass is 16.5. The first kappa shape index (κ1) is 80.1. The molecular weight excluding hydrogens is 1010 g/mol. The lowest BCUT2D eigenvalue weighted by atomic mass is 10.0. The predicted octanol–water partition coefficient (Wildman–Crippen LogP) is 24.3. The summed E-state index contributed by atoms with van der Waals surface area (Å²) in [6.45, 7) is 4.98. The summed E-state index contributed by atoms with van der Waals surface area (Å²) < 4.78 is 5.50. The van der Waals surface area contributed by atoms with Crippen molar-refractivity contribution in [1.82, 2.24) is 5.32 Å². The van der Waals surface area contributed by atoms with E-state index in [-0.39, 0.29) is 18.5 Å². The van der Waals surface area contributed by atoms with E-state index in [1.165, 1.54) is 327 Å². The summed E-state index contributed by atoms with van der Waals surface area (Å²) in [5, 5.41) is 23.4. The molecule has 0 saturated heterocycles. The Hall–Kier alpha value is -1.92. The van der Waals surface area contributed by atoms with Crippen LogP contribution in [-0.4, -0.2) is 47.4 Å². The highest BCUT2D eigenvalue weighted by Gasteiger charge is 2.20. The molecule has 6 nitrogen and oxygen atoms in total. The lowest BCUT2D eigenvalue weighted by molar-refractivity contribution is -0.143. The van der Waals surface area contributed by atoms with Crippen molar-refractivity contribution < 1.29 is 24.5 Å². The average Bonchev–Trinajstić information content (AvgIpc) is 3.48. The number of allylic oxidation sites excluding steroid dienone is 6. The molecule has 2 unspecified atom stereocenters. The molecule has 0 aromatic heterocycles. The second-order valence-corrected chi connectivity index (χ2v) is 25.6. The molecule has 484 valence electrons. The molecule has 0 saturated carbocycles. The van der Waals surface area contributed by atoms with Gasteiger partial charge in [-0.1, -0.05) is 352 Å². The van der Waals surface area contributed by atoms with E-state index in [2.05, 4.69) is 55.6 Å². The number of aliphatic hydroxyl groups is 2. The maximum atomic E-state index is 12.6. The molecule has 82 heavy (non-hydrogen) atoms. The molecule has 1 amide bonds. The Kier molecular flexibility index (Phi) is 69.9. The monoisotopic (exact) mass is 1150 g/mol. The van der Waals surface area contributed by atoms with Crippen LogP contribution in [0.3, 0.4) is 0 Å². The summed E-state index contributed by atoms with van der Waals surface area (Å²) in [5.41, 5.74) is 0. The van der Waals surface area contributed by atoms with Gasteiger partial charge >= 0.3 is 5.97 Å². The molecule has 0 spiro atoms. The zero-order valence-electron chi connectivity index (χ0n) is 55.5. The van der Waals surface area contributed by atoms with Crippen molar-refractivity contribution in [3.05, 3.63) is 36.5 Å². The second-order valence-electron chi connectivity index (χ2n) is 25.6. The molecule has 0 aromatic rings. The number of carbonyl (C=O) groups is 2. The number of hydrogen-bond donors (Lipinski definition) is 3. The van der Waals surface area contributed by atoms with Crippen molar-refractivity contribution in [2.75, 3.05) is 13.2 Å². The van der Waals surface area contributed by atoms with E-state index < -0.39 is 12.1 Å². The van der Waals surface area contributed by atoms with Gasteiger partial charge in [-0.25, -0.2) is 0 Å². The van der Waals surface area contributed by atoms with Gasteiger partial charge in [0.25, 0.3) is 0 Å². The quantitative estimate of drug-likeness (QED) is 0.0320. The fraction of sp³-hybridized carbons (Fsp3) is 0.895. The zero-order chi connectivity index (χ0) is 59.2. The van der Waals surface area contributed by atoms with Crippen molar-refractivity contribution in [1.29, 1.82) is 0 Å². The lowest BCUT2D eigenvalue weighted by Gasteiger charge is -2.22. The van der Waals surface area contributed by atoms with Crippen LogP contribution in [-0.2, 0) is 14.3 Å². The first-order chi connectivity index (χ1) is 40.5. The summed E-state index contributed by atoms with van der Waals surface area (Å²) in [5.74, 6) is -0.0259. The van der Waals surface area contributed by atoms with Crippen molar-refractivity contribution in [2.24, 2.45) is 0 Å². The summed E-state index contributed by atoms with van der Waals surface area (Å²) >= 11 is 0. The molecule has 6 heteroatoms. The van der Waals surface area contributed by atoms with Crippen LogP contribution in [0.15, 0.2) is 36.5 Å². The minimum atomic E-state index is -0.668. The van der Waals surface area contributed by atoms with Crippen LogP contribution in [0.2, 0.25) is 0 Å². The summed E-state index contributed by atoms with van der Waals surface area (Å²) in [6, 6.07) is -0.545. The Morgan fingerprint density at radius 2 is 0.610 bits per heavy atom. The number of esters is 1. The van der Waals surface area contributed by atoms with Gasteiger partial charge in [0.2, 0.25) is 5.91 Å². The summed E-state index contributed by atoms with van der Waals surface area (Å²) in [7, 11) is 0. The molecular formula is C76H145NO5. The van der Waals surface area contributed by atoms with Gasteiger partial charge < -0.3 is 20.3 Å². The molecule has 0 aliphatic heterocycles.